The number of aryl methyl sites for hydroxylation is 1. The first-order chi connectivity index (χ1) is 9.15. The number of nitrogens with two attached hydrogens (primary N) is 1. The van der Waals surface area contributed by atoms with Crippen LogP contribution in [0.5, 0.6) is 0 Å². The number of aliphatic hydroxyl groups is 1. The van der Waals surface area contributed by atoms with E-state index in [0.29, 0.717) is 18.7 Å². The number of nitrogens with zero attached hydrogens (tertiary/aromatic N) is 3. The molecule has 0 spiro atoms. The predicted octanol–water partition coefficient (Wildman–Crippen LogP) is 1.11. The number of thiophene rings is 1. The third-order valence-electron chi connectivity index (χ3n) is 3.10. The molecule has 0 saturated carbocycles. The van der Waals surface area contributed by atoms with E-state index < -0.39 is 5.60 Å². The van der Waals surface area contributed by atoms with Crippen molar-refractivity contribution in [2.75, 3.05) is 19.5 Å². The van der Waals surface area contributed by atoms with Crippen LogP contribution in [-0.2, 0) is 11.2 Å². The molecule has 2 aromatic rings. The van der Waals surface area contributed by atoms with E-state index in [4.69, 9.17) is 15.7 Å². The van der Waals surface area contributed by atoms with Gasteiger partial charge in [-0.1, -0.05) is 0 Å². The van der Waals surface area contributed by atoms with Crippen LogP contribution in [-0.4, -0.2) is 34.4 Å². The zero-order valence-electron chi connectivity index (χ0n) is 10.5. The number of aromatic nitrogens is 2. The minimum atomic E-state index is -1.16. The number of hydrogen-bond donors (Lipinski definition) is 2. The van der Waals surface area contributed by atoms with Crippen LogP contribution in [0.4, 0.5) is 5.82 Å². The number of nitrogen functional groups attached to an aromatic ring is 1. The standard InChI is InChI=1S/C12H14N4O2S/c1-18-12(5-13,6-17)3-2-8-4-19-10-9(8)15-7-16-11(10)14/h4,7,17H,2-3,6H2,1H3,(H2,14,15,16). The Morgan fingerprint density at radius 2 is 2.37 bits per heavy atom. The van der Waals surface area contributed by atoms with Gasteiger partial charge in [0.2, 0.25) is 0 Å². The lowest BCUT2D eigenvalue weighted by molar-refractivity contribution is -0.0135. The molecular weight excluding hydrogens is 264 g/mol. The Morgan fingerprint density at radius 3 is 3.00 bits per heavy atom. The van der Waals surface area contributed by atoms with E-state index in [2.05, 4.69) is 9.97 Å². The fraction of sp³-hybridized carbons (Fsp3) is 0.417. The van der Waals surface area contributed by atoms with Gasteiger partial charge >= 0.3 is 0 Å². The lowest BCUT2D eigenvalue weighted by atomic mass is 9.97. The Morgan fingerprint density at radius 1 is 1.58 bits per heavy atom. The molecule has 0 fully saturated rings. The second-order valence-corrected chi connectivity index (χ2v) is 5.05. The van der Waals surface area contributed by atoms with Crippen LogP contribution in [0.2, 0.25) is 0 Å². The molecule has 100 valence electrons. The Balaban J connectivity index is 2.23. The number of nitriles is 1. The number of rotatable bonds is 5. The van der Waals surface area contributed by atoms with Gasteiger partial charge in [0.25, 0.3) is 0 Å². The monoisotopic (exact) mass is 278 g/mol. The van der Waals surface area contributed by atoms with Crippen LogP contribution < -0.4 is 5.73 Å². The minimum absolute atomic E-state index is 0.334. The number of fused-ring (bicyclic) bond motifs is 1. The minimum Gasteiger partial charge on any atom is -0.392 e. The highest BCUT2D eigenvalue weighted by Gasteiger charge is 2.29. The summed E-state index contributed by atoms with van der Waals surface area (Å²) in [6, 6.07) is 2.01. The predicted molar refractivity (Wildman–Crippen MR) is 72.6 cm³/mol. The van der Waals surface area contributed by atoms with Gasteiger partial charge in [0.05, 0.1) is 16.8 Å². The summed E-state index contributed by atoms with van der Waals surface area (Å²) in [5.74, 6) is 0.460. The number of aliphatic hydroxyl groups excluding tert-OH is 1. The van der Waals surface area contributed by atoms with Gasteiger partial charge in [-0.2, -0.15) is 5.26 Å². The van der Waals surface area contributed by atoms with Gasteiger partial charge in [0, 0.05) is 7.11 Å². The zero-order chi connectivity index (χ0) is 13.9. The third kappa shape index (κ3) is 2.51. The molecule has 6 nitrogen and oxygen atoms in total. The molecule has 0 aliphatic heterocycles. The molecule has 7 heteroatoms. The van der Waals surface area contributed by atoms with Gasteiger partial charge in [-0.05, 0) is 23.8 Å². The molecule has 2 heterocycles. The first-order valence-corrected chi connectivity index (χ1v) is 6.57. The maximum absolute atomic E-state index is 9.27. The summed E-state index contributed by atoms with van der Waals surface area (Å²) >= 11 is 1.48. The van der Waals surface area contributed by atoms with Crippen molar-refractivity contribution in [3.63, 3.8) is 0 Å². The van der Waals surface area contributed by atoms with Crippen LogP contribution in [0.1, 0.15) is 12.0 Å². The van der Waals surface area contributed by atoms with Crippen LogP contribution >= 0.6 is 11.3 Å². The molecule has 3 N–H and O–H groups in total. The maximum Gasteiger partial charge on any atom is 0.176 e. The molecule has 0 aliphatic carbocycles. The second kappa shape index (κ2) is 5.48. The Labute approximate surface area is 114 Å². The normalized spacial score (nSPS) is 14.2. The van der Waals surface area contributed by atoms with E-state index in [1.807, 2.05) is 11.4 Å². The molecule has 1 atom stereocenters. The van der Waals surface area contributed by atoms with Crippen molar-refractivity contribution in [3.8, 4) is 6.07 Å². The van der Waals surface area contributed by atoms with E-state index in [-0.39, 0.29) is 6.61 Å². The molecule has 0 amide bonds. The lowest BCUT2D eigenvalue weighted by Crippen LogP contribution is -2.34. The van der Waals surface area contributed by atoms with E-state index >= 15 is 0 Å². The molecule has 19 heavy (non-hydrogen) atoms. The molecule has 0 saturated heterocycles. The Bertz CT molecular complexity index is 616. The summed E-state index contributed by atoms with van der Waals surface area (Å²) in [6.07, 6.45) is 2.40. The zero-order valence-corrected chi connectivity index (χ0v) is 11.3. The molecule has 0 aromatic carbocycles. The molecule has 2 rings (SSSR count). The first kappa shape index (κ1) is 13.7. The van der Waals surface area contributed by atoms with Gasteiger partial charge in [-0.3, -0.25) is 0 Å². The average molecular weight is 278 g/mol. The lowest BCUT2D eigenvalue weighted by Gasteiger charge is -2.21. The third-order valence-corrected chi connectivity index (χ3v) is 4.14. The highest BCUT2D eigenvalue weighted by molar-refractivity contribution is 7.17. The fourth-order valence-corrected chi connectivity index (χ4v) is 2.77. The van der Waals surface area contributed by atoms with Gasteiger partial charge < -0.3 is 15.6 Å². The van der Waals surface area contributed by atoms with Crippen molar-refractivity contribution >= 4 is 27.4 Å². The van der Waals surface area contributed by atoms with Crippen molar-refractivity contribution in [1.82, 2.24) is 9.97 Å². The van der Waals surface area contributed by atoms with Gasteiger partial charge in [-0.15, -0.1) is 11.3 Å². The molecule has 1 unspecified atom stereocenters. The number of anilines is 1. The Hall–Kier alpha value is -1.75. The van der Waals surface area contributed by atoms with Crippen molar-refractivity contribution in [3.05, 3.63) is 17.3 Å². The van der Waals surface area contributed by atoms with E-state index in [9.17, 15) is 5.11 Å². The molecule has 0 aliphatic rings. The SMILES string of the molecule is COC(C#N)(CO)CCc1csc2c(N)ncnc12. The first-order valence-electron chi connectivity index (χ1n) is 5.69. The Kier molecular flexibility index (Phi) is 3.95. The van der Waals surface area contributed by atoms with E-state index in [1.165, 1.54) is 24.8 Å². The quantitative estimate of drug-likeness (QED) is 0.848. The summed E-state index contributed by atoms with van der Waals surface area (Å²) in [5, 5.41) is 20.3. The highest BCUT2D eigenvalue weighted by atomic mass is 32.1. The van der Waals surface area contributed by atoms with Crippen molar-refractivity contribution in [2.24, 2.45) is 0 Å². The number of ether oxygens (including phenoxy) is 1. The summed E-state index contributed by atoms with van der Waals surface area (Å²) < 4.78 is 5.95. The summed E-state index contributed by atoms with van der Waals surface area (Å²) in [6.45, 7) is -0.334. The van der Waals surface area contributed by atoms with Gasteiger partial charge in [-0.25, -0.2) is 9.97 Å². The molecular formula is C12H14N4O2S. The largest absolute Gasteiger partial charge is 0.392 e. The van der Waals surface area contributed by atoms with Crippen molar-refractivity contribution in [1.29, 1.82) is 5.26 Å². The van der Waals surface area contributed by atoms with Crippen LogP contribution in [0, 0.1) is 11.3 Å². The smallest absolute Gasteiger partial charge is 0.176 e. The number of hydrogen-bond acceptors (Lipinski definition) is 7. The summed E-state index contributed by atoms with van der Waals surface area (Å²) in [4.78, 5) is 8.15. The molecule has 0 bridgehead atoms. The topological polar surface area (TPSA) is 105 Å². The van der Waals surface area contributed by atoms with Crippen LogP contribution in [0.3, 0.4) is 0 Å². The van der Waals surface area contributed by atoms with Crippen molar-refractivity contribution < 1.29 is 9.84 Å². The highest BCUT2D eigenvalue weighted by Crippen LogP contribution is 2.29. The van der Waals surface area contributed by atoms with Crippen molar-refractivity contribution in [2.45, 2.75) is 18.4 Å². The maximum atomic E-state index is 9.27. The summed E-state index contributed by atoms with van der Waals surface area (Å²) in [5.41, 5.74) is 6.40. The molecule has 0 radical (unpaired) electrons. The molecule has 2 aromatic heterocycles. The van der Waals surface area contributed by atoms with Gasteiger partial charge in [0.15, 0.2) is 5.60 Å². The van der Waals surface area contributed by atoms with E-state index in [0.717, 1.165) is 15.8 Å². The summed E-state index contributed by atoms with van der Waals surface area (Å²) in [7, 11) is 1.42. The fourth-order valence-electron chi connectivity index (χ4n) is 1.81. The van der Waals surface area contributed by atoms with Gasteiger partial charge in [0.1, 0.15) is 18.2 Å². The van der Waals surface area contributed by atoms with Crippen LogP contribution in [0.15, 0.2) is 11.7 Å². The second-order valence-electron chi connectivity index (χ2n) is 4.17. The van der Waals surface area contributed by atoms with E-state index in [1.54, 1.807) is 0 Å². The average Bonchev–Trinajstić information content (AvgIpc) is 2.86. The number of methoxy groups -OCH3 is 1. The van der Waals surface area contributed by atoms with Crippen LogP contribution in [0.25, 0.3) is 10.2 Å².